The Morgan fingerprint density at radius 3 is 2.46 bits per heavy atom. The number of urea groups is 1. The Bertz CT molecular complexity index is 1430. The second-order valence-corrected chi connectivity index (χ2v) is 12.2. The molecular formula is C31H34N4O4S2. The molecule has 1 saturated heterocycles. The van der Waals surface area contributed by atoms with Gasteiger partial charge in [-0.3, -0.25) is 0 Å². The predicted molar refractivity (Wildman–Crippen MR) is 162 cm³/mol. The number of thioether (sulfide) groups is 1. The van der Waals surface area contributed by atoms with Crippen molar-refractivity contribution in [2.75, 3.05) is 12.3 Å². The van der Waals surface area contributed by atoms with Crippen LogP contribution < -0.4 is 10.6 Å². The third-order valence-electron chi connectivity index (χ3n) is 6.80. The van der Waals surface area contributed by atoms with Gasteiger partial charge in [-0.25, -0.2) is 4.79 Å². The molecule has 5 rings (SSSR count). The molecule has 0 radical (unpaired) electrons. The summed E-state index contributed by atoms with van der Waals surface area (Å²) in [6.45, 7) is 4.87. The van der Waals surface area contributed by atoms with E-state index in [1.807, 2.05) is 68.4 Å². The first-order valence-corrected chi connectivity index (χ1v) is 15.5. The third kappa shape index (κ3) is 7.72. The molecule has 0 saturated carbocycles. The molecule has 0 spiro atoms. The number of amides is 2. The first-order chi connectivity index (χ1) is 20.0. The van der Waals surface area contributed by atoms with Crippen LogP contribution in [0.3, 0.4) is 0 Å². The van der Waals surface area contributed by atoms with Crippen molar-refractivity contribution < 1.29 is 19.4 Å². The van der Waals surface area contributed by atoms with Crippen LogP contribution in [0.4, 0.5) is 4.79 Å². The Balaban J connectivity index is 1.33. The summed E-state index contributed by atoms with van der Waals surface area (Å²) < 4.78 is 13.9. The van der Waals surface area contributed by atoms with Gasteiger partial charge in [0.2, 0.25) is 0 Å². The van der Waals surface area contributed by atoms with E-state index < -0.39 is 6.29 Å². The molecule has 1 aromatic heterocycles. The molecule has 2 amide bonds. The highest BCUT2D eigenvalue weighted by molar-refractivity contribution is 8.01. The monoisotopic (exact) mass is 590 g/mol. The summed E-state index contributed by atoms with van der Waals surface area (Å²) >= 11 is 3.24. The average molecular weight is 591 g/mol. The Morgan fingerprint density at radius 1 is 1.00 bits per heavy atom. The zero-order chi connectivity index (χ0) is 28.6. The third-order valence-corrected chi connectivity index (χ3v) is 8.91. The van der Waals surface area contributed by atoms with Gasteiger partial charge in [0, 0.05) is 30.8 Å². The summed E-state index contributed by atoms with van der Waals surface area (Å²) in [6, 6.07) is 24.0. The SMILES string of the molecule is CCNC(=O)NCc1ccccc1-c1ccc([C@@H]2O[C@H](CSc3nnc(C)s3)C[C@H](c3ccc(CO)cc3)O2)cc1. The minimum Gasteiger partial charge on any atom is -0.392 e. The number of carbonyl (C=O) groups is 1. The van der Waals surface area contributed by atoms with E-state index in [2.05, 4.69) is 39.0 Å². The molecule has 214 valence electrons. The summed E-state index contributed by atoms with van der Waals surface area (Å²) in [7, 11) is 0. The Labute approximate surface area is 248 Å². The van der Waals surface area contributed by atoms with Crippen LogP contribution >= 0.6 is 23.1 Å². The Kier molecular flexibility index (Phi) is 10.0. The van der Waals surface area contributed by atoms with Gasteiger partial charge >= 0.3 is 6.03 Å². The highest BCUT2D eigenvalue weighted by Crippen LogP contribution is 2.40. The van der Waals surface area contributed by atoms with E-state index in [-0.39, 0.29) is 24.8 Å². The largest absolute Gasteiger partial charge is 0.392 e. The number of nitrogens with zero attached hydrogens (tertiary/aromatic N) is 2. The fourth-order valence-electron chi connectivity index (χ4n) is 4.70. The topological polar surface area (TPSA) is 106 Å². The second kappa shape index (κ2) is 14.1. The molecule has 8 nitrogen and oxygen atoms in total. The number of aryl methyl sites for hydroxylation is 1. The van der Waals surface area contributed by atoms with E-state index >= 15 is 0 Å². The minimum atomic E-state index is -0.531. The van der Waals surface area contributed by atoms with Crippen LogP contribution in [0.1, 0.15) is 53.0 Å². The molecule has 1 aliphatic heterocycles. The van der Waals surface area contributed by atoms with Gasteiger partial charge in [0.25, 0.3) is 0 Å². The number of nitrogens with one attached hydrogen (secondary N) is 2. The summed E-state index contributed by atoms with van der Waals surface area (Å²) in [5.41, 5.74) is 6.00. The highest BCUT2D eigenvalue weighted by Gasteiger charge is 2.32. The van der Waals surface area contributed by atoms with Gasteiger partial charge in [0.05, 0.1) is 18.8 Å². The standard InChI is InChI=1S/C31H34N4O4S2/c1-3-32-30(37)33-17-25-6-4-5-7-27(25)22-12-14-24(15-13-22)29-38-26(19-40-31-35-34-20(2)41-31)16-28(39-29)23-10-8-21(18-36)9-11-23/h4-15,26,28-29,36H,3,16-19H2,1-2H3,(H2,32,33,37)/t26-,28+,29+/m0/s1. The molecule has 1 fully saturated rings. The van der Waals surface area contributed by atoms with Crippen molar-refractivity contribution >= 4 is 29.1 Å². The lowest BCUT2D eigenvalue weighted by Crippen LogP contribution is -2.34. The van der Waals surface area contributed by atoms with Crippen molar-refractivity contribution in [3.8, 4) is 11.1 Å². The highest BCUT2D eigenvalue weighted by atomic mass is 32.2. The Hall–Kier alpha value is -3.28. The quantitative estimate of drug-likeness (QED) is 0.190. The maximum atomic E-state index is 11.9. The maximum Gasteiger partial charge on any atom is 0.315 e. The zero-order valence-electron chi connectivity index (χ0n) is 23.1. The number of aliphatic hydroxyl groups is 1. The van der Waals surface area contributed by atoms with E-state index in [4.69, 9.17) is 9.47 Å². The van der Waals surface area contributed by atoms with Crippen LogP contribution in [0.2, 0.25) is 0 Å². The van der Waals surface area contributed by atoms with Crippen LogP contribution in [0.15, 0.2) is 77.1 Å². The normalized spacial score (nSPS) is 18.7. The first kappa shape index (κ1) is 29.2. The fraction of sp³-hybridized carbons (Fsp3) is 0.323. The van der Waals surface area contributed by atoms with E-state index in [0.29, 0.717) is 19.5 Å². The summed E-state index contributed by atoms with van der Waals surface area (Å²) in [6.07, 6.45) is -0.0176. The molecule has 3 N–H and O–H groups in total. The van der Waals surface area contributed by atoms with Crippen LogP contribution in [0.25, 0.3) is 11.1 Å². The van der Waals surface area contributed by atoms with Gasteiger partial charge in [-0.05, 0) is 41.7 Å². The number of carbonyl (C=O) groups excluding carboxylic acids is 1. The molecule has 2 heterocycles. The van der Waals surface area contributed by atoms with Crippen molar-refractivity contribution in [1.29, 1.82) is 0 Å². The van der Waals surface area contributed by atoms with Crippen molar-refractivity contribution in [1.82, 2.24) is 20.8 Å². The lowest BCUT2D eigenvalue weighted by atomic mass is 9.98. The van der Waals surface area contributed by atoms with Gasteiger partial charge in [-0.1, -0.05) is 95.9 Å². The molecule has 41 heavy (non-hydrogen) atoms. The number of rotatable bonds is 10. The molecule has 0 aliphatic carbocycles. The second-order valence-electron chi connectivity index (χ2n) is 9.74. The van der Waals surface area contributed by atoms with E-state index in [1.165, 1.54) is 0 Å². The molecule has 10 heteroatoms. The van der Waals surface area contributed by atoms with Crippen LogP contribution in [0.5, 0.6) is 0 Å². The van der Waals surface area contributed by atoms with Gasteiger partial charge in [0.1, 0.15) is 5.01 Å². The van der Waals surface area contributed by atoms with Crippen molar-refractivity contribution in [3.05, 3.63) is 100 Å². The summed E-state index contributed by atoms with van der Waals surface area (Å²) in [4.78, 5) is 11.9. The smallest absolute Gasteiger partial charge is 0.315 e. The van der Waals surface area contributed by atoms with E-state index in [1.54, 1.807) is 23.1 Å². The van der Waals surface area contributed by atoms with Gasteiger partial charge in [-0.15, -0.1) is 10.2 Å². The lowest BCUT2D eigenvalue weighted by molar-refractivity contribution is -0.245. The molecular weight excluding hydrogens is 556 g/mol. The van der Waals surface area contributed by atoms with Gasteiger partial charge in [-0.2, -0.15) is 0 Å². The van der Waals surface area contributed by atoms with Crippen LogP contribution in [-0.4, -0.2) is 39.7 Å². The van der Waals surface area contributed by atoms with E-state index in [9.17, 15) is 9.90 Å². The number of hydrogen-bond acceptors (Lipinski definition) is 8. The molecule has 3 aromatic carbocycles. The maximum absolute atomic E-state index is 11.9. The minimum absolute atomic E-state index is 0.00947. The summed E-state index contributed by atoms with van der Waals surface area (Å²) in [5.74, 6) is 0.740. The van der Waals surface area contributed by atoms with Crippen LogP contribution in [-0.2, 0) is 22.6 Å². The fourth-order valence-corrected chi connectivity index (χ4v) is 6.56. The number of aromatic nitrogens is 2. The lowest BCUT2D eigenvalue weighted by Gasteiger charge is -2.36. The molecule has 0 unspecified atom stereocenters. The number of hydrogen-bond donors (Lipinski definition) is 3. The van der Waals surface area contributed by atoms with Gasteiger partial charge in [0.15, 0.2) is 10.6 Å². The molecule has 3 atom stereocenters. The Morgan fingerprint density at radius 2 is 1.76 bits per heavy atom. The number of benzene rings is 3. The van der Waals surface area contributed by atoms with Crippen molar-refractivity contribution in [2.45, 2.75) is 56.3 Å². The van der Waals surface area contributed by atoms with Crippen LogP contribution in [0, 0.1) is 6.92 Å². The molecule has 1 aliphatic rings. The number of ether oxygens (including phenoxy) is 2. The van der Waals surface area contributed by atoms with Crippen molar-refractivity contribution in [2.24, 2.45) is 0 Å². The average Bonchev–Trinajstić information content (AvgIpc) is 3.44. The van der Waals surface area contributed by atoms with Crippen molar-refractivity contribution in [3.63, 3.8) is 0 Å². The molecule has 0 bridgehead atoms. The van der Waals surface area contributed by atoms with E-state index in [0.717, 1.165) is 48.5 Å². The summed E-state index contributed by atoms with van der Waals surface area (Å²) in [5, 5.41) is 24.5. The zero-order valence-corrected chi connectivity index (χ0v) is 24.7. The van der Waals surface area contributed by atoms with Gasteiger partial charge < -0.3 is 25.2 Å². The predicted octanol–water partition coefficient (Wildman–Crippen LogP) is 6.16. The first-order valence-electron chi connectivity index (χ1n) is 13.7. The number of aliphatic hydroxyl groups excluding tert-OH is 1. The molecule has 4 aromatic rings.